The molecule has 118 valence electrons. The fourth-order valence-electron chi connectivity index (χ4n) is 3.51. The summed E-state index contributed by atoms with van der Waals surface area (Å²) in [5.41, 5.74) is 0.887. The highest BCUT2D eigenvalue weighted by atomic mass is 16.5. The van der Waals surface area contributed by atoms with Gasteiger partial charge in [-0.25, -0.2) is 9.50 Å². The van der Waals surface area contributed by atoms with Gasteiger partial charge in [0.2, 0.25) is 0 Å². The second-order valence-electron chi connectivity index (χ2n) is 6.39. The lowest BCUT2D eigenvalue weighted by atomic mass is 10.00. The summed E-state index contributed by atoms with van der Waals surface area (Å²) in [6.45, 7) is 5.39. The molecule has 4 heterocycles. The van der Waals surface area contributed by atoms with Crippen LogP contribution in [0, 0.1) is 5.92 Å². The SMILES string of the molecule is c1cn2nc(NC3CCN(CC4CCOCC4)C3)ccc2n1. The van der Waals surface area contributed by atoms with Gasteiger partial charge in [-0.3, -0.25) is 0 Å². The van der Waals surface area contributed by atoms with Crippen molar-refractivity contribution in [2.24, 2.45) is 5.92 Å². The lowest BCUT2D eigenvalue weighted by Gasteiger charge is -2.27. The molecule has 2 aromatic heterocycles. The molecule has 1 atom stereocenters. The van der Waals surface area contributed by atoms with Crippen LogP contribution in [0.1, 0.15) is 19.3 Å². The molecule has 2 fully saturated rings. The summed E-state index contributed by atoms with van der Waals surface area (Å²) in [5, 5.41) is 8.11. The van der Waals surface area contributed by atoms with Crippen LogP contribution in [0.15, 0.2) is 24.5 Å². The van der Waals surface area contributed by atoms with Crippen LogP contribution in [0.4, 0.5) is 5.82 Å². The Balaban J connectivity index is 1.32. The van der Waals surface area contributed by atoms with Crippen molar-refractivity contribution < 1.29 is 4.74 Å². The number of likely N-dealkylation sites (tertiary alicyclic amines) is 1. The van der Waals surface area contributed by atoms with Crippen molar-refractivity contribution in [3.8, 4) is 0 Å². The van der Waals surface area contributed by atoms with Gasteiger partial charge in [0, 0.05) is 51.3 Å². The van der Waals surface area contributed by atoms with Gasteiger partial charge >= 0.3 is 0 Å². The molecular weight excluding hydrogens is 278 g/mol. The summed E-state index contributed by atoms with van der Waals surface area (Å²) in [4.78, 5) is 6.81. The Morgan fingerprint density at radius 3 is 3.05 bits per heavy atom. The average molecular weight is 301 g/mol. The van der Waals surface area contributed by atoms with Crippen LogP contribution in [0.5, 0.6) is 0 Å². The van der Waals surface area contributed by atoms with Gasteiger partial charge in [-0.15, -0.1) is 5.10 Å². The van der Waals surface area contributed by atoms with Gasteiger partial charge in [-0.2, -0.15) is 0 Å². The molecule has 2 aliphatic heterocycles. The van der Waals surface area contributed by atoms with Gasteiger partial charge < -0.3 is 15.0 Å². The van der Waals surface area contributed by atoms with Crippen LogP contribution in [-0.2, 0) is 4.74 Å². The average Bonchev–Trinajstić information content (AvgIpc) is 3.17. The Kier molecular flexibility index (Phi) is 3.95. The van der Waals surface area contributed by atoms with Crippen LogP contribution in [0.3, 0.4) is 0 Å². The summed E-state index contributed by atoms with van der Waals surface area (Å²) in [6.07, 6.45) is 7.28. The smallest absolute Gasteiger partial charge is 0.153 e. The van der Waals surface area contributed by atoms with Crippen molar-refractivity contribution in [3.63, 3.8) is 0 Å². The lowest BCUT2D eigenvalue weighted by Crippen LogP contribution is -2.33. The van der Waals surface area contributed by atoms with E-state index in [-0.39, 0.29) is 0 Å². The molecular formula is C16H23N5O. The van der Waals surface area contributed by atoms with Crippen LogP contribution >= 0.6 is 0 Å². The summed E-state index contributed by atoms with van der Waals surface area (Å²) < 4.78 is 7.26. The summed E-state index contributed by atoms with van der Waals surface area (Å²) in [6, 6.07) is 4.52. The molecule has 0 aliphatic carbocycles. The van der Waals surface area contributed by atoms with Crippen molar-refractivity contribution in [1.82, 2.24) is 19.5 Å². The number of hydrogen-bond donors (Lipinski definition) is 1. The second kappa shape index (κ2) is 6.22. The number of anilines is 1. The van der Waals surface area contributed by atoms with Crippen LogP contribution in [0.25, 0.3) is 5.65 Å². The number of aromatic nitrogens is 3. The number of imidazole rings is 1. The second-order valence-corrected chi connectivity index (χ2v) is 6.39. The first-order chi connectivity index (χ1) is 10.9. The molecule has 0 radical (unpaired) electrons. The number of fused-ring (bicyclic) bond motifs is 1. The van der Waals surface area contributed by atoms with Gasteiger partial charge in [-0.1, -0.05) is 0 Å². The molecule has 1 N–H and O–H groups in total. The fourth-order valence-corrected chi connectivity index (χ4v) is 3.51. The quantitative estimate of drug-likeness (QED) is 0.930. The lowest BCUT2D eigenvalue weighted by molar-refractivity contribution is 0.0554. The van der Waals surface area contributed by atoms with E-state index in [1.165, 1.54) is 32.4 Å². The zero-order chi connectivity index (χ0) is 14.8. The zero-order valence-electron chi connectivity index (χ0n) is 12.8. The first-order valence-corrected chi connectivity index (χ1v) is 8.24. The topological polar surface area (TPSA) is 54.7 Å². The van der Waals surface area contributed by atoms with Crippen molar-refractivity contribution >= 4 is 11.5 Å². The van der Waals surface area contributed by atoms with E-state index in [0.29, 0.717) is 6.04 Å². The fraction of sp³-hybridized carbons (Fsp3) is 0.625. The maximum Gasteiger partial charge on any atom is 0.153 e. The van der Waals surface area contributed by atoms with Crippen molar-refractivity contribution in [2.45, 2.75) is 25.3 Å². The van der Waals surface area contributed by atoms with Crippen molar-refractivity contribution in [2.75, 3.05) is 38.2 Å². The van der Waals surface area contributed by atoms with Crippen LogP contribution < -0.4 is 5.32 Å². The molecule has 2 aromatic rings. The van der Waals surface area contributed by atoms with Crippen LogP contribution in [0.2, 0.25) is 0 Å². The third kappa shape index (κ3) is 3.08. The maximum atomic E-state index is 5.45. The Bertz CT molecular complexity index is 622. The normalized spacial score (nSPS) is 24.1. The van der Waals surface area contributed by atoms with E-state index in [9.17, 15) is 0 Å². The third-order valence-electron chi connectivity index (χ3n) is 4.74. The molecule has 6 nitrogen and oxygen atoms in total. The molecule has 0 spiro atoms. The number of nitrogens with zero attached hydrogens (tertiary/aromatic N) is 4. The minimum absolute atomic E-state index is 0.494. The molecule has 0 aromatic carbocycles. The van der Waals surface area contributed by atoms with E-state index in [4.69, 9.17) is 4.74 Å². The van der Waals surface area contributed by atoms with E-state index in [1.54, 1.807) is 6.20 Å². The zero-order valence-corrected chi connectivity index (χ0v) is 12.8. The predicted molar refractivity (Wildman–Crippen MR) is 85.0 cm³/mol. The molecule has 22 heavy (non-hydrogen) atoms. The first kappa shape index (κ1) is 14.0. The number of hydrogen-bond acceptors (Lipinski definition) is 5. The largest absolute Gasteiger partial charge is 0.381 e. The van der Waals surface area contributed by atoms with Gasteiger partial charge in [0.05, 0.1) is 0 Å². The first-order valence-electron chi connectivity index (χ1n) is 8.24. The molecule has 2 aliphatic rings. The minimum Gasteiger partial charge on any atom is -0.381 e. The maximum absolute atomic E-state index is 5.45. The summed E-state index contributed by atoms with van der Waals surface area (Å²) >= 11 is 0. The van der Waals surface area contributed by atoms with E-state index in [2.05, 4.69) is 20.3 Å². The molecule has 1 unspecified atom stereocenters. The van der Waals surface area contributed by atoms with E-state index < -0.39 is 0 Å². The minimum atomic E-state index is 0.494. The standard InChI is InChI=1S/C16H23N5O/c1-2-16-17-6-8-21(16)19-15(1)18-14-3-7-20(12-14)11-13-4-9-22-10-5-13/h1-2,6,8,13-14H,3-5,7,9-12H2,(H,18,19). The molecule has 6 heteroatoms. The highest BCUT2D eigenvalue weighted by molar-refractivity contribution is 5.44. The Morgan fingerprint density at radius 1 is 1.23 bits per heavy atom. The van der Waals surface area contributed by atoms with E-state index in [1.807, 2.05) is 22.8 Å². The van der Waals surface area contributed by atoms with Gasteiger partial charge in [0.15, 0.2) is 5.65 Å². The Morgan fingerprint density at radius 2 is 2.14 bits per heavy atom. The number of rotatable bonds is 4. The molecule has 2 saturated heterocycles. The van der Waals surface area contributed by atoms with E-state index in [0.717, 1.165) is 37.1 Å². The molecule has 0 saturated carbocycles. The Hall–Kier alpha value is -1.66. The van der Waals surface area contributed by atoms with Gasteiger partial charge in [-0.05, 0) is 37.3 Å². The third-order valence-corrected chi connectivity index (χ3v) is 4.74. The van der Waals surface area contributed by atoms with Crippen molar-refractivity contribution in [3.05, 3.63) is 24.5 Å². The highest BCUT2D eigenvalue weighted by Crippen LogP contribution is 2.20. The molecule has 0 bridgehead atoms. The summed E-state index contributed by atoms with van der Waals surface area (Å²) in [5.74, 6) is 1.75. The van der Waals surface area contributed by atoms with Crippen molar-refractivity contribution in [1.29, 1.82) is 0 Å². The molecule has 0 amide bonds. The van der Waals surface area contributed by atoms with Gasteiger partial charge in [0.25, 0.3) is 0 Å². The number of nitrogens with one attached hydrogen (secondary N) is 1. The molecule has 4 rings (SSSR count). The monoisotopic (exact) mass is 301 g/mol. The number of ether oxygens (including phenoxy) is 1. The summed E-state index contributed by atoms with van der Waals surface area (Å²) in [7, 11) is 0. The van der Waals surface area contributed by atoms with Crippen LogP contribution in [-0.4, -0.2) is 58.4 Å². The predicted octanol–water partition coefficient (Wildman–Crippen LogP) is 1.64. The highest BCUT2D eigenvalue weighted by Gasteiger charge is 2.25. The Labute approximate surface area is 130 Å². The van der Waals surface area contributed by atoms with Gasteiger partial charge in [0.1, 0.15) is 5.82 Å². The van der Waals surface area contributed by atoms with E-state index >= 15 is 0 Å².